The molecule has 0 aliphatic heterocycles. The normalized spacial score (nSPS) is 11.1. The summed E-state index contributed by atoms with van der Waals surface area (Å²) in [5, 5.41) is 4.08. The van der Waals surface area contributed by atoms with Crippen LogP contribution in [-0.4, -0.2) is 0 Å². The first kappa shape index (κ1) is 27.5. The Morgan fingerprint density at radius 3 is 1.17 bits per heavy atom. The lowest BCUT2D eigenvalue weighted by Crippen LogP contribution is -2.32. The van der Waals surface area contributed by atoms with Gasteiger partial charge < -0.3 is 9.47 Å². The summed E-state index contributed by atoms with van der Waals surface area (Å²) < 4.78 is 12.8. The van der Waals surface area contributed by atoms with E-state index in [0.29, 0.717) is 13.2 Å². The third-order valence-corrected chi connectivity index (χ3v) is 11.9. The van der Waals surface area contributed by atoms with Crippen molar-refractivity contribution in [3.63, 3.8) is 0 Å². The molecule has 42 heavy (non-hydrogen) atoms. The molecule has 0 aliphatic carbocycles. The second kappa shape index (κ2) is 13.3. The van der Waals surface area contributed by atoms with Crippen molar-refractivity contribution in [1.82, 2.24) is 0 Å². The first-order chi connectivity index (χ1) is 20.8. The molecule has 0 aliphatic rings. The molecular weight excluding hydrogens is 531 g/mol. The summed E-state index contributed by atoms with van der Waals surface area (Å²) in [6.07, 6.45) is 0.867. The lowest BCUT2D eigenvalue weighted by atomic mass is 10.2. The van der Waals surface area contributed by atoms with Crippen LogP contribution in [0.3, 0.4) is 0 Å². The molecular formula is C39H34O2P+. The van der Waals surface area contributed by atoms with Crippen LogP contribution in [0.4, 0.5) is 0 Å². The molecule has 3 heteroatoms. The van der Waals surface area contributed by atoms with Crippen LogP contribution in [0.2, 0.25) is 0 Å². The van der Waals surface area contributed by atoms with Crippen molar-refractivity contribution in [2.24, 2.45) is 0 Å². The molecule has 0 saturated carbocycles. The van der Waals surface area contributed by atoms with Crippen LogP contribution in [0.1, 0.15) is 16.7 Å². The molecule has 0 fully saturated rings. The van der Waals surface area contributed by atoms with Crippen LogP contribution in [0, 0.1) is 0 Å². The Hall–Kier alpha value is -4.65. The first-order valence-corrected chi connectivity index (χ1v) is 16.3. The Morgan fingerprint density at radius 2 is 0.738 bits per heavy atom. The van der Waals surface area contributed by atoms with Gasteiger partial charge in [-0.3, -0.25) is 0 Å². The van der Waals surface area contributed by atoms with Crippen LogP contribution in [0.25, 0.3) is 0 Å². The van der Waals surface area contributed by atoms with Gasteiger partial charge in [-0.25, -0.2) is 0 Å². The predicted molar refractivity (Wildman–Crippen MR) is 177 cm³/mol. The van der Waals surface area contributed by atoms with Gasteiger partial charge in [0.25, 0.3) is 0 Å². The molecule has 0 atom stereocenters. The summed E-state index contributed by atoms with van der Waals surface area (Å²) in [5.74, 6) is 1.51. The van der Waals surface area contributed by atoms with Gasteiger partial charge in [0, 0.05) is 0 Å². The van der Waals surface area contributed by atoms with Gasteiger partial charge in [0.05, 0.1) is 6.16 Å². The average molecular weight is 566 g/mol. The Labute approximate surface area is 249 Å². The molecule has 0 N–H and O–H groups in total. The zero-order valence-corrected chi connectivity index (χ0v) is 24.4. The molecule has 0 amide bonds. The summed E-state index contributed by atoms with van der Waals surface area (Å²) in [7, 11) is -2.05. The van der Waals surface area contributed by atoms with Crippen LogP contribution < -0.4 is 25.4 Å². The molecule has 0 aromatic heterocycles. The fraction of sp³-hybridized carbons (Fsp3) is 0.0769. The zero-order chi connectivity index (χ0) is 28.5. The van der Waals surface area contributed by atoms with E-state index in [1.165, 1.54) is 21.5 Å². The van der Waals surface area contributed by atoms with E-state index >= 15 is 0 Å². The molecule has 0 bridgehead atoms. The predicted octanol–water partition coefficient (Wildman–Crippen LogP) is 8.34. The fourth-order valence-electron chi connectivity index (χ4n) is 5.40. The van der Waals surface area contributed by atoms with Crippen LogP contribution >= 0.6 is 7.26 Å². The van der Waals surface area contributed by atoms with E-state index in [1.807, 2.05) is 36.4 Å². The molecule has 6 aromatic rings. The Kier molecular flexibility index (Phi) is 8.74. The number of hydrogen-bond acceptors (Lipinski definition) is 2. The molecule has 0 saturated heterocycles. The standard InChI is InChI=1S/C39H34O2P/c1-6-16-32(17-7-1)29-40-38-27-26-34(28-39(38)41-30-33-18-8-2-9-19-33)31-42(35-20-10-3-11-21-35,36-22-12-4-13-23-36)37-24-14-5-15-25-37/h1-28H,29-31H2/q+1. The smallest absolute Gasteiger partial charge is 0.162 e. The first-order valence-electron chi connectivity index (χ1n) is 14.3. The Morgan fingerprint density at radius 1 is 0.357 bits per heavy atom. The van der Waals surface area contributed by atoms with Crippen molar-refractivity contribution in [2.45, 2.75) is 19.4 Å². The Bertz CT molecular complexity index is 1580. The number of benzene rings is 6. The van der Waals surface area contributed by atoms with Crippen LogP contribution in [0.5, 0.6) is 11.5 Å². The quantitative estimate of drug-likeness (QED) is 0.147. The molecule has 0 radical (unpaired) electrons. The van der Waals surface area contributed by atoms with Gasteiger partial charge in [0.15, 0.2) is 11.5 Å². The minimum absolute atomic E-state index is 0.475. The molecule has 2 nitrogen and oxygen atoms in total. The summed E-state index contributed by atoms with van der Waals surface area (Å²) in [6.45, 7) is 0.958. The van der Waals surface area contributed by atoms with Crippen molar-refractivity contribution < 1.29 is 9.47 Å². The third-order valence-electron chi connectivity index (χ3n) is 7.49. The van der Waals surface area contributed by atoms with Gasteiger partial charge in [0.2, 0.25) is 0 Å². The lowest BCUT2D eigenvalue weighted by molar-refractivity contribution is 0.256. The third kappa shape index (κ3) is 6.30. The van der Waals surface area contributed by atoms with E-state index in [1.54, 1.807) is 0 Å². The fourth-order valence-corrected chi connectivity index (χ4v) is 9.63. The van der Waals surface area contributed by atoms with Crippen molar-refractivity contribution in [3.8, 4) is 11.5 Å². The van der Waals surface area contributed by atoms with E-state index in [0.717, 1.165) is 28.8 Å². The minimum Gasteiger partial charge on any atom is -0.485 e. The summed E-state index contributed by atoms with van der Waals surface area (Å²) in [5.41, 5.74) is 3.46. The molecule has 6 rings (SSSR count). The second-order valence-electron chi connectivity index (χ2n) is 10.3. The van der Waals surface area contributed by atoms with Crippen molar-refractivity contribution in [1.29, 1.82) is 0 Å². The van der Waals surface area contributed by atoms with E-state index in [-0.39, 0.29) is 0 Å². The van der Waals surface area contributed by atoms with Crippen LogP contribution in [0.15, 0.2) is 170 Å². The number of rotatable bonds is 11. The van der Waals surface area contributed by atoms with E-state index in [2.05, 4.69) is 133 Å². The molecule has 0 spiro atoms. The van der Waals surface area contributed by atoms with E-state index < -0.39 is 7.26 Å². The summed E-state index contributed by atoms with van der Waals surface area (Å²) in [6, 6.07) is 60.0. The van der Waals surface area contributed by atoms with Gasteiger partial charge in [0.1, 0.15) is 36.4 Å². The van der Waals surface area contributed by atoms with Crippen molar-refractivity contribution >= 4 is 23.2 Å². The Balaban J connectivity index is 1.42. The highest BCUT2D eigenvalue weighted by molar-refractivity contribution is 7.95. The second-order valence-corrected chi connectivity index (χ2v) is 13.8. The minimum atomic E-state index is -2.05. The van der Waals surface area contributed by atoms with Gasteiger partial charge in [-0.05, 0) is 65.2 Å². The van der Waals surface area contributed by atoms with E-state index in [4.69, 9.17) is 9.47 Å². The lowest BCUT2D eigenvalue weighted by Gasteiger charge is -2.28. The van der Waals surface area contributed by atoms with Crippen molar-refractivity contribution in [3.05, 3.63) is 187 Å². The highest BCUT2D eigenvalue weighted by atomic mass is 31.2. The van der Waals surface area contributed by atoms with Gasteiger partial charge in [-0.1, -0.05) is 121 Å². The topological polar surface area (TPSA) is 18.5 Å². The monoisotopic (exact) mass is 565 g/mol. The van der Waals surface area contributed by atoms with Gasteiger partial charge >= 0.3 is 0 Å². The summed E-state index contributed by atoms with van der Waals surface area (Å²) in [4.78, 5) is 0. The maximum Gasteiger partial charge on any atom is 0.162 e. The van der Waals surface area contributed by atoms with Crippen molar-refractivity contribution in [2.75, 3.05) is 0 Å². The molecule has 6 aromatic carbocycles. The molecule has 0 unspecified atom stereocenters. The highest BCUT2D eigenvalue weighted by Gasteiger charge is 2.45. The van der Waals surface area contributed by atoms with Gasteiger partial charge in [-0.2, -0.15) is 0 Å². The highest BCUT2D eigenvalue weighted by Crippen LogP contribution is 2.58. The average Bonchev–Trinajstić information content (AvgIpc) is 3.08. The maximum atomic E-state index is 6.47. The largest absolute Gasteiger partial charge is 0.485 e. The number of hydrogen-bond donors (Lipinski definition) is 0. The molecule has 206 valence electrons. The molecule has 0 heterocycles. The summed E-state index contributed by atoms with van der Waals surface area (Å²) >= 11 is 0. The zero-order valence-electron chi connectivity index (χ0n) is 23.6. The SMILES string of the molecule is c1ccc(COc2ccc(C[P+](c3ccccc3)(c3ccccc3)c3ccccc3)cc2OCc2ccccc2)cc1. The van der Waals surface area contributed by atoms with Gasteiger partial charge in [-0.15, -0.1) is 0 Å². The number of ether oxygens (including phenoxy) is 2. The van der Waals surface area contributed by atoms with Crippen LogP contribution in [-0.2, 0) is 19.4 Å². The maximum absolute atomic E-state index is 6.47. The van der Waals surface area contributed by atoms with E-state index in [9.17, 15) is 0 Å².